The number of hydrogen-bond donors (Lipinski definition) is 6. The Kier molecular flexibility index (Phi) is 7.01. The molecule has 1 aliphatic rings. The summed E-state index contributed by atoms with van der Waals surface area (Å²) < 4.78 is 13.7. The zero-order valence-corrected chi connectivity index (χ0v) is 19.3. The second-order valence-corrected chi connectivity index (χ2v) is 9.90. The lowest BCUT2D eigenvalue weighted by Gasteiger charge is -2.23. The molecule has 32 heavy (non-hydrogen) atoms. The van der Waals surface area contributed by atoms with Crippen molar-refractivity contribution >= 4 is 43.5 Å². The SMILES string of the molecule is NN/N=C(\N)c1c(-c2cccc3sc(N)nc23)ccc(CCC2CCNCC2)c1S(N)=O. The molecule has 3 aromatic rings. The van der Waals surface area contributed by atoms with E-state index in [1.54, 1.807) is 0 Å². The van der Waals surface area contributed by atoms with E-state index in [2.05, 4.69) is 20.9 Å². The van der Waals surface area contributed by atoms with Gasteiger partial charge in [-0.15, -0.1) is 5.10 Å². The van der Waals surface area contributed by atoms with Crippen molar-refractivity contribution in [1.29, 1.82) is 0 Å². The van der Waals surface area contributed by atoms with Crippen LogP contribution in [-0.4, -0.2) is 28.1 Å². The average molecular weight is 473 g/mol. The van der Waals surface area contributed by atoms with E-state index in [0.717, 1.165) is 65.7 Å². The third-order valence-electron chi connectivity index (χ3n) is 5.89. The third-order valence-corrected chi connectivity index (χ3v) is 7.61. The molecule has 2 aromatic carbocycles. The monoisotopic (exact) mass is 472 g/mol. The summed E-state index contributed by atoms with van der Waals surface area (Å²) in [4.78, 5) is 4.97. The minimum absolute atomic E-state index is 0.111. The number of nitrogens with two attached hydrogens (primary N) is 4. The van der Waals surface area contributed by atoms with Crippen LogP contribution >= 0.6 is 11.3 Å². The van der Waals surface area contributed by atoms with Gasteiger partial charge in [0.25, 0.3) is 0 Å². The van der Waals surface area contributed by atoms with Crippen molar-refractivity contribution in [3.05, 3.63) is 41.5 Å². The number of nitrogen functional groups attached to an aromatic ring is 1. The zero-order valence-electron chi connectivity index (χ0n) is 17.6. The average Bonchev–Trinajstić information content (AvgIpc) is 3.18. The number of nitrogens with zero attached hydrogens (tertiary/aromatic N) is 2. The van der Waals surface area contributed by atoms with E-state index < -0.39 is 11.0 Å². The summed E-state index contributed by atoms with van der Waals surface area (Å²) in [7, 11) is -1.78. The molecule has 0 saturated carbocycles. The summed E-state index contributed by atoms with van der Waals surface area (Å²) in [5.41, 5.74) is 18.2. The van der Waals surface area contributed by atoms with E-state index in [-0.39, 0.29) is 5.84 Å². The minimum atomic E-state index is -1.78. The van der Waals surface area contributed by atoms with Crippen LogP contribution in [0.25, 0.3) is 21.3 Å². The highest BCUT2D eigenvalue weighted by Crippen LogP contribution is 2.37. The van der Waals surface area contributed by atoms with Crippen LogP contribution < -0.4 is 33.3 Å². The molecule has 10 N–H and O–H groups in total. The highest BCUT2D eigenvalue weighted by atomic mass is 32.2. The molecule has 0 radical (unpaired) electrons. The Bertz CT molecular complexity index is 1170. The first-order valence-corrected chi connectivity index (χ1v) is 12.5. The lowest BCUT2D eigenvalue weighted by atomic mass is 9.89. The maximum Gasteiger partial charge on any atom is 0.181 e. The van der Waals surface area contributed by atoms with Crippen molar-refractivity contribution in [2.75, 3.05) is 18.8 Å². The number of aromatic nitrogens is 1. The molecule has 1 atom stereocenters. The van der Waals surface area contributed by atoms with Crippen LogP contribution in [-0.2, 0) is 17.4 Å². The summed E-state index contributed by atoms with van der Waals surface area (Å²) in [6.07, 6.45) is 4.03. The number of nitrogens with one attached hydrogen (secondary N) is 2. The Balaban J connectivity index is 1.85. The summed E-state index contributed by atoms with van der Waals surface area (Å²) in [5, 5.41) is 13.8. The summed E-state index contributed by atoms with van der Waals surface area (Å²) in [5.74, 6) is 6.15. The zero-order chi connectivity index (χ0) is 22.7. The van der Waals surface area contributed by atoms with Gasteiger partial charge in [-0.05, 0) is 61.9 Å². The first kappa shape index (κ1) is 22.6. The highest BCUT2D eigenvalue weighted by Gasteiger charge is 2.23. The van der Waals surface area contributed by atoms with Crippen LogP contribution in [0.1, 0.15) is 30.4 Å². The van der Waals surface area contributed by atoms with E-state index in [1.165, 1.54) is 11.3 Å². The van der Waals surface area contributed by atoms with Gasteiger partial charge in [0.1, 0.15) is 11.0 Å². The standard InChI is InChI=1S/C21H28N8OS2/c22-20(28-29-24)17-14(15-2-1-3-16-18(15)27-21(23)31-16)7-6-13(19(17)32(25)30)5-4-12-8-10-26-11-9-12/h1-3,6-7,12,26,29H,4-5,8-11,24-25H2,(H2,22,28)(H2,23,27). The maximum atomic E-state index is 12.8. The highest BCUT2D eigenvalue weighted by molar-refractivity contribution is 7.82. The van der Waals surface area contributed by atoms with Gasteiger partial charge in [0.05, 0.1) is 15.1 Å². The van der Waals surface area contributed by atoms with Crippen LogP contribution in [0.2, 0.25) is 0 Å². The number of piperidine rings is 1. The fourth-order valence-electron chi connectivity index (χ4n) is 4.37. The molecule has 9 nitrogen and oxygen atoms in total. The van der Waals surface area contributed by atoms with Gasteiger partial charge in [-0.25, -0.2) is 25.7 Å². The Morgan fingerprint density at radius 1 is 1.25 bits per heavy atom. The van der Waals surface area contributed by atoms with Gasteiger partial charge < -0.3 is 16.8 Å². The van der Waals surface area contributed by atoms with Crippen molar-refractivity contribution in [3.8, 4) is 11.1 Å². The molecule has 4 rings (SSSR count). The first-order valence-electron chi connectivity index (χ1n) is 10.5. The Morgan fingerprint density at radius 2 is 2.03 bits per heavy atom. The molecule has 0 bridgehead atoms. The van der Waals surface area contributed by atoms with E-state index in [4.69, 9.17) is 22.4 Å². The molecule has 0 spiro atoms. The normalized spacial score (nSPS) is 16.4. The number of hydrazone groups is 1. The smallest absolute Gasteiger partial charge is 0.181 e. The van der Waals surface area contributed by atoms with Gasteiger partial charge in [-0.2, -0.15) is 0 Å². The molecule has 1 unspecified atom stereocenters. The number of hydrogen-bond acceptors (Lipinski definition) is 8. The number of rotatable bonds is 7. The number of amidine groups is 1. The molecule has 1 aromatic heterocycles. The fraction of sp³-hybridized carbons (Fsp3) is 0.333. The fourth-order valence-corrected chi connectivity index (χ4v) is 5.98. The van der Waals surface area contributed by atoms with Crippen LogP contribution in [0.4, 0.5) is 5.13 Å². The quantitative estimate of drug-likeness (QED) is 0.131. The lowest BCUT2D eigenvalue weighted by Crippen LogP contribution is -2.28. The topological polar surface area (TPSA) is 170 Å². The lowest BCUT2D eigenvalue weighted by molar-refractivity contribution is 0.354. The number of fused-ring (bicyclic) bond motifs is 1. The number of thiazole rings is 1. The van der Waals surface area contributed by atoms with Crippen molar-refractivity contribution in [3.63, 3.8) is 0 Å². The van der Waals surface area contributed by atoms with E-state index in [9.17, 15) is 4.21 Å². The van der Waals surface area contributed by atoms with Crippen LogP contribution in [0, 0.1) is 5.92 Å². The van der Waals surface area contributed by atoms with Crippen molar-refractivity contribution in [2.45, 2.75) is 30.6 Å². The molecule has 11 heteroatoms. The van der Waals surface area contributed by atoms with E-state index >= 15 is 0 Å². The van der Waals surface area contributed by atoms with Crippen molar-refractivity contribution in [2.24, 2.45) is 27.7 Å². The molecule has 2 heterocycles. The number of anilines is 1. The molecule has 1 fully saturated rings. The van der Waals surface area contributed by atoms with Crippen LogP contribution in [0.15, 0.2) is 40.3 Å². The molecular formula is C21H28N8OS2. The molecule has 1 aliphatic heterocycles. The van der Waals surface area contributed by atoms with Gasteiger partial charge >= 0.3 is 0 Å². The van der Waals surface area contributed by atoms with E-state index in [1.807, 2.05) is 30.3 Å². The second-order valence-electron chi connectivity index (χ2n) is 7.84. The van der Waals surface area contributed by atoms with Crippen LogP contribution in [0.3, 0.4) is 0 Å². The van der Waals surface area contributed by atoms with Gasteiger partial charge in [0.15, 0.2) is 11.0 Å². The molecule has 1 saturated heterocycles. The van der Waals surface area contributed by atoms with Gasteiger partial charge in [0, 0.05) is 11.1 Å². The molecule has 0 amide bonds. The molecule has 170 valence electrons. The maximum absolute atomic E-state index is 12.8. The minimum Gasteiger partial charge on any atom is -0.382 e. The number of hydrazine groups is 1. The Morgan fingerprint density at radius 3 is 2.75 bits per heavy atom. The Labute approximate surface area is 193 Å². The van der Waals surface area contributed by atoms with Crippen LogP contribution in [0.5, 0.6) is 0 Å². The Hall–Kier alpha value is -2.57. The number of para-hydroxylation sites is 1. The number of aryl methyl sites for hydroxylation is 1. The molecule has 0 aliphatic carbocycles. The summed E-state index contributed by atoms with van der Waals surface area (Å²) in [6.45, 7) is 2.07. The van der Waals surface area contributed by atoms with E-state index in [0.29, 0.717) is 21.5 Å². The predicted octanol–water partition coefficient (Wildman–Crippen LogP) is 1.54. The van der Waals surface area contributed by atoms with Crippen molar-refractivity contribution < 1.29 is 4.21 Å². The predicted molar refractivity (Wildman–Crippen MR) is 132 cm³/mol. The second kappa shape index (κ2) is 9.92. The van der Waals surface area contributed by atoms with Crippen molar-refractivity contribution in [1.82, 2.24) is 15.8 Å². The van der Waals surface area contributed by atoms with Gasteiger partial charge in [-0.1, -0.05) is 35.6 Å². The summed E-state index contributed by atoms with van der Waals surface area (Å²) in [6, 6.07) is 9.77. The summed E-state index contributed by atoms with van der Waals surface area (Å²) >= 11 is 1.41. The first-order chi connectivity index (χ1) is 15.5. The van der Waals surface area contributed by atoms with Gasteiger partial charge in [-0.3, -0.25) is 0 Å². The third kappa shape index (κ3) is 4.62. The number of benzene rings is 2. The van der Waals surface area contributed by atoms with Gasteiger partial charge in [0.2, 0.25) is 0 Å². The largest absolute Gasteiger partial charge is 0.382 e. The molecular weight excluding hydrogens is 444 g/mol.